The van der Waals surface area contributed by atoms with Gasteiger partial charge in [-0.2, -0.15) is 0 Å². The highest BCUT2D eigenvalue weighted by Crippen LogP contribution is 2.21. The minimum Gasteiger partial charge on any atom is -0.484 e. The van der Waals surface area contributed by atoms with Gasteiger partial charge < -0.3 is 15.0 Å². The van der Waals surface area contributed by atoms with Crippen LogP contribution >= 0.6 is 11.6 Å². The Bertz CT molecular complexity index is 903. The highest BCUT2D eigenvalue weighted by molar-refractivity contribution is 6.30. The molecule has 1 fully saturated rings. The lowest BCUT2D eigenvalue weighted by atomic mass is 10.1. The van der Waals surface area contributed by atoms with Crippen LogP contribution in [-0.2, 0) is 16.1 Å². The normalized spacial score (nSPS) is 14.8. The number of benzene rings is 2. The van der Waals surface area contributed by atoms with Crippen molar-refractivity contribution < 1.29 is 14.3 Å². The molecule has 3 rings (SSSR count). The first kappa shape index (κ1) is 24.1. The molecule has 1 aliphatic carbocycles. The summed E-state index contributed by atoms with van der Waals surface area (Å²) in [6.07, 6.45) is 4.81. The fourth-order valence-electron chi connectivity index (χ4n) is 4.32. The van der Waals surface area contributed by atoms with Crippen molar-refractivity contribution in [2.75, 3.05) is 6.61 Å². The lowest BCUT2D eigenvalue weighted by molar-refractivity contribution is -0.143. The predicted molar refractivity (Wildman–Crippen MR) is 128 cm³/mol. The van der Waals surface area contributed by atoms with Gasteiger partial charge in [-0.05, 0) is 74.1 Å². The van der Waals surface area contributed by atoms with Gasteiger partial charge in [0.1, 0.15) is 11.8 Å². The van der Waals surface area contributed by atoms with Crippen LogP contribution in [0.25, 0.3) is 0 Å². The number of ether oxygens (including phenoxy) is 1. The van der Waals surface area contributed by atoms with Gasteiger partial charge in [-0.1, -0.05) is 49.6 Å². The van der Waals surface area contributed by atoms with Crippen molar-refractivity contribution in [3.63, 3.8) is 0 Å². The number of hydrogen-bond acceptors (Lipinski definition) is 3. The molecule has 1 aliphatic rings. The fraction of sp³-hybridized carbons (Fsp3) is 0.462. The molecule has 0 spiro atoms. The molecule has 1 atom stereocenters. The SMILES string of the molecule is CC[C@H](C(=O)NC1CCCC1)N(Cc1ccc(Cl)cc1)C(=O)COc1cc(C)cc(C)c1. The van der Waals surface area contributed by atoms with E-state index in [9.17, 15) is 9.59 Å². The number of nitrogens with zero attached hydrogens (tertiary/aromatic N) is 1. The largest absolute Gasteiger partial charge is 0.484 e. The second-order valence-electron chi connectivity index (χ2n) is 8.67. The van der Waals surface area contributed by atoms with Gasteiger partial charge in [0.2, 0.25) is 5.91 Å². The second kappa shape index (κ2) is 11.4. The maximum absolute atomic E-state index is 13.3. The summed E-state index contributed by atoms with van der Waals surface area (Å²) >= 11 is 6.02. The van der Waals surface area contributed by atoms with Crippen molar-refractivity contribution in [2.45, 2.75) is 71.5 Å². The lowest BCUT2D eigenvalue weighted by Crippen LogP contribution is -2.52. The number of rotatable bonds is 9. The molecule has 0 aliphatic heterocycles. The molecule has 6 heteroatoms. The van der Waals surface area contributed by atoms with Crippen LogP contribution in [0.2, 0.25) is 5.02 Å². The van der Waals surface area contributed by atoms with E-state index in [1.54, 1.807) is 17.0 Å². The molecule has 2 amide bonds. The number of nitrogens with one attached hydrogen (secondary N) is 1. The molecule has 0 radical (unpaired) electrons. The Morgan fingerprint density at radius 1 is 1.09 bits per heavy atom. The zero-order chi connectivity index (χ0) is 23.1. The molecular weight excluding hydrogens is 424 g/mol. The predicted octanol–water partition coefficient (Wildman–Crippen LogP) is 5.20. The summed E-state index contributed by atoms with van der Waals surface area (Å²) in [6.45, 7) is 6.13. The van der Waals surface area contributed by atoms with E-state index in [2.05, 4.69) is 11.4 Å². The van der Waals surface area contributed by atoms with E-state index in [4.69, 9.17) is 16.3 Å². The van der Waals surface area contributed by atoms with E-state index >= 15 is 0 Å². The summed E-state index contributed by atoms with van der Waals surface area (Å²) < 4.78 is 5.83. The van der Waals surface area contributed by atoms with E-state index in [1.165, 1.54) is 0 Å². The van der Waals surface area contributed by atoms with Gasteiger partial charge in [-0.15, -0.1) is 0 Å². The van der Waals surface area contributed by atoms with Crippen LogP contribution in [-0.4, -0.2) is 35.4 Å². The molecule has 1 N–H and O–H groups in total. The van der Waals surface area contributed by atoms with Gasteiger partial charge in [0.25, 0.3) is 5.91 Å². The first-order valence-electron chi connectivity index (χ1n) is 11.4. The Morgan fingerprint density at radius 2 is 1.72 bits per heavy atom. The van der Waals surface area contributed by atoms with Crippen molar-refractivity contribution in [3.8, 4) is 5.75 Å². The van der Waals surface area contributed by atoms with E-state index in [1.807, 2.05) is 45.0 Å². The van der Waals surface area contributed by atoms with Crippen molar-refractivity contribution in [2.24, 2.45) is 0 Å². The summed E-state index contributed by atoms with van der Waals surface area (Å²) in [5.41, 5.74) is 3.07. The van der Waals surface area contributed by atoms with E-state index in [0.29, 0.717) is 23.7 Å². The standard InChI is InChI=1S/C26H33ClN2O3/c1-4-24(26(31)28-22-7-5-6-8-22)29(16-20-9-11-21(27)12-10-20)25(30)17-32-23-14-18(2)13-19(3)15-23/h9-15,22,24H,4-8,16-17H2,1-3H3,(H,28,31)/t24-/m1/s1. The maximum atomic E-state index is 13.3. The third-order valence-electron chi connectivity index (χ3n) is 5.91. The number of halogens is 1. The summed E-state index contributed by atoms with van der Waals surface area (Å²) in [5, 5.41) is 3.79. The molecule has 0 heterocycles. The molecule has 32 heavy (non-hydrogen) atoms. The number of aryl methyl sites for hydroxylation is 2. The Kier molecular flexibility index (Phi) is 8.57. The number of carbonyl (C=O) groups excluding carboxylic acids is 2. The Hall–Kier alpha value is -2.53. The summed E-state index contributed by atoms with van der Waals surface area (Å²) in [5.74, 6) is 0.353. The van der Waals surface area contributed by atoms with Gasteiger partial charge >= 0.3 is 0 Å². The van der Waals surface area contributed by atoms with Crippen LogP contribution in [0.1, 0.15) is 55.7 Å². The topological polar surface area (TPSA) is 58.6 Å². The van der Waals surface area contributed by atoms with Crippen molar-refractivity contribution in [1.82, 2.24) is 10.2 Å². The summed E-state index contributed by atoms with van der Waals surface area (Å²) in [6, 6.07) is 12.9. The molecule has 5 nitrogen and oxygen atoms in total. The van der Waals surface area contributed by atoms with Crippen LogP contribution in [0.3, 0.4) is 0 Å². The first-order valence-corrected chi connectivity index (χ1v) is 11.8. The minimum absolute atomic E-state index is 0.0897. The Labute approximate surface area is 196 Å². The smallest absolute Gasteiger partial charge is 0.261 e. The highest BCUT2D eigenvalue weighted by atomic mass is 35.5. The van der Waals surface area contributed by atoms with Crippen LogP contribution < -0.4 is 10.1 Å². The average Bonchev–Trinajstić information content (AvgIpc) is 3.25. The molecule has 1 saturated carbocycles. The first-order chi connectivity index (χ1) is 15.4. The second-order valence-corrected chi connectivity index (χ2v) is 9.11. The fourth-order valence-corrected chi connectivity index (χ4v) is 4.44. The average molecular weight is 457 g/mol. The van der Waals surface area contributed by atoms with Gasteiger partial charge in [0, 0.05) is 17.6 Å². The third-order valence-corrected chi connectivity index (χ3v) is 6.16. The van der Waals surface area contributed by atoms with Crippen molar-refractivity contribution in [3.05, 3.63) is 64.2 Å². The number of carbonyl (C=O) groups is 2. The Balaban J connectivity index is 1.76. The third kappa shape index (κ3) is 6.73. The van der Waals surface area contributed by atoms with Crippen molar-refractivity contribution >= 4 is 23.4 Å². The van der Waals surface area contributed by atoms with Crippen LogP contribution in [0.15, 0.2) is 42.5 Å². The summed E-state index contributed by atoms with van der Waals surface area (Å²) in [7, 11) is 0. The van der Waals surface area contributed by atoms with Crippen LogP contribution in [0, 0.1) is 13.8 Å². The Morgan fingerprint density at radius 3 is 2.31 bits per heavy atom. The monoisotopic (exact) mass is 456 g/mol. The zero-order valence-corrected chi connectivity index (χ0v) is 20.0. The molecule has 0 saturated heterocycles. The number of hydrogen-bond donors (Lipinski definition) is 1. The lowest BCUT2D eigenvalue weighted by Gasteiger charge is -2.31. The maximum Gasteiger partial charge on any atom is 0.261 e. The van der Waals surface area contributed by atoms with Gasteiger partial charge in [-0.3, -0.25) is 9.59 Å². The highest BCUT2D eigenvalue weighted by Gasteiger charge is 2.30. The summed E-state index contributed by atoms with van der Waals surface area (Å²) in [4.78, 5) is 28.0. The molecule has 0 aromatic heterocycles. The van der Waals surface area contributed by atoms with Gasteiger partial charge in [-0.25, -0.2) is 0 Å². The van der Waals surface area contributed by atoms with E-state index in [0.717, 1.165) is 42.4 Å². The van der Waals surface area contributed by atoms with Gasteiger partial charge in [0.05, 0.1) is 0 Å². The quantitative estimate of drug-likeness (QED) is 0.564. The molecular formula is C26H33ClN2O3. The number of amides is 2. The molecule has 2 aromatic rings. The molecule has 2 aromatic carbocycles. The van der Waals surface area contributed by atoms with Crippen LogP contribution in [0.5, 0.6) is 5.75 Å². The molecule has 172 valence electrons. The zero-order valence-electron chi connectivity index (χ0n) is 19.2. The minimum atomic E-state index is -0.554. The van der Waals surface area contributed by atoms with E-state index in [-0.39, 0.29) is 24.5 Å². The van der Waals surface area contributed by atoms with Gasteiger partial charge in [0.15, 0.2) is 6.61 Å². The van der Waals surface area contributed by atoms with Crippen LogP contribution in [0.4, 0.5) is 0 Å². The van der Waals surface area contributed by atoms with Crippen molar-refractivity contribution in [1.29, 1.82) is 0 Å². The molecule has 0 unspecified atom stereocenters. The molecule has 0 bridgehead atoms. The van der Waals surface area contributed by atoms with E-state index < -0.39 is 6.04 Å².